The largest absolute Gasteiger partial charge is 0.392 e. The van der Waals surface area contributed by atoms with Crippen molar-refractivity contribution in [3.63, 3.8) is 0 Å². The normalized spacial score (nSPS) is 14.8. The average Bonchev–Trinajstić information content (AvgIpc) is 2.69. The van der Waals surface area contributed by atoms with Gasteiger partial charge in [0.15, 0.2) is 0 Å². The number of anilines is 2. The molecule has 0 aliphatic carbocycles. The fourth-order valence-corrected chi connectivity index (χ4v) is 3.28. The molecule has 104 valence electrons. The second-order valence-corrected chi connectivity index (χ2v) is 6.03. The summed E-state index contributed by atoms with van der Waals surface area (Å²) in [7, 11) is 0. The van der Waals surface area contributed by atoms with Crippen molar-refractivity contribution >= 4 is 27.3 Å². The molecule has 0 atom stereocenters. The van der Waals surface area contributed by atoms with Crippen LogP contribution in [0.4, 0.5) is 11.4 Å². The van der Waals surface area contributed by atoms with E-state index in [1.165, 1.54) is 29.8 Å². The molecule has 0 aromatic heterocycles. The average molecular weight is 332 g/mol. The number of aliphatic hydroxyl groups excluding tert-OH is 1. The van der Waals surface area contributed by atoms with Crippen LogP contribution in [0.1, 0.15) is 24.0 Å². The van der Waals surface area contributed by atoms with Gasteiger partial charge in [-0.3, -0.25) is 0 Å². The van der Waals surface area contributed by atoms with Gasteiger partial charge in [-0.2, -0.15) is 0 Å². The summed E-state index contributed by atoms with van der Waals surface area (Å²) in [6.07, 6.45) is 3.60. The van der Waals surface area contributed by atoms with Crippen molar-refractivity contribution < 1.29 is 5.11 Å². The Hall–Kier alpha value is -1.32. The van der Waals surface area contributed by atoms with Crippen molar-refractivity contribution in [1.82, 2.24) is 0 Å². The molecule has 3 rings (SSSR count). The minimum atomic E-state index is 0.0669. The number of hydrogen-bond donors (Lipinski definition) is 1. The maximum absolute atomic E-state index is 9.28. The lowest BCUT2D eigenvalue weighted by Crippen LogP contribution is -2.17. The third-order valence-electron chi connectivity index (χ3n) is 3.88. The molecule has 0 saturated heterocycles. The highest BCUT2D eigenvalue weighted by Crippen LogP contribution is 2.34. The van der Waals surface area contributed by atoms with E-state index in [1.807, 2.05) is 6.07 Å². The third kappa shape index (κ3) is 2.60. The molecule has 2 aromatic rings. The summed E-state index contributed by atoms with van der Waals surface area (Å²) < 4.78 is 0.972. The predicted octanol–water partition coefficient (Wildman–Crippen LogP) is 4.42. The maximum atomic E-state index is 9.28. The fourth-order valence-electron chi connectivity index (χ4n) is 2.79. The van der Waals surface area contributed by atoms with Gasteiger partial charge >= 0.3 is 0 Å². The minimum absolute atomic E-state index is 0.0669. The monoisotopic (exact) mass is 331 g/mol. The van der Waals surface area contributed by atoms with Gasteiger partial charge in [0.1, 0.15) is 0 Å². The van der Waals surface area contributed by atoms with Crippen LogP contribution in [-0.2, 0) is 13.0 Å². The first-order valence-corrected chi connectivity index (χ1v) is 7.83. The van der Waals surface area contributed by atoms with Crippen molar-refractivity contribution in [2.24, 2.45) is 0 Å². The lowest BCUT2D eigenvalue weighted by molar-refractivity contribution is 0.281. The molecule has 1 heterocycles. The lowest BCUT2D eigenvalue weighted by Gasteiger charge is -2.25. The highest BCUT2D eigenvalue weighted by molar-refractivity contribution is 9.10. The van der Waals surface area contributed by atoms with Crippen LogP contribution in [0.15, 0.2) is 46.9 Å². The summed E-state index contributed by atoms with van der Waals surface area (Å²) in [4.78, 5) is 2.38. The van der Waals surface area contributed by atoms with Crippen molar-refractivity contribution in [3.05, 3.63) is 58.1 Å². The smallest absolute Gasteiger partial charge is 0.0692 e. The Kier molecular flexibility index (Phi) is 4.08. The number of para-hydroxylation sites is 1. The van der Waals surface area contributed by atoms with E-state index in [9.17, 15) is 5.11 Å². The molecule has 0 bridgehead atoms. The van der Waals surface area contributed by atoms with Crippen molar-refractivity contribution in [1.29, 1.82) is 0 Å². The first-order chi connectivity index (χ1) is 9.79. The van der Waals surface area contributed by atoms with Crippen LogP contribution in [0.5, 0.6) is 0 Å². The number of rotatable bonds is 2. The Bertz CT molecular complexity index is 612. The van der Waals surface area contributed by atoms with E-state index in [0.29, 0.717) is 0 Å². The van der Waals surface area contributed by atoms with Crippen molar-refractivity contribution in [2.75, 3.05) is 11.4 Å². The van der Waals surface area contributed by atoms with Crippen LogP contribution in [0.3, 0.4) is 0 Å². The van der Waals surface area contributed by atoms with Crippen molar-refractivity contribution in [3.8, 4) is 0 Å². The Morgan fingerprint density at radius 2 is 1.95 bits per heavy atom. The van der Waals surface area contributed by atoms with E-state index in [2.05, 4.69) is 57.2 Å². The summed E-state index contributed by atoms with van der Waals surface area (Å²) in [5.74, 6) is 0. The first kappa shape index (κ1) is 13.7. The third-order valence-corrected chi connectivity index (χ3v) is 4.62. The Balaban J connectivity index is 2.03. The van der Waals surface area contributed by atoms with Gasteiger partial charge in [0.25, 0.3) is 0 Å². The zero-order valence-corrected chi connectivity index (χ0v) is 12.9. The Labute approximate surface area is 128 Å². The van der Waals surface area contributed by atoms with Crippen LogP contribution in [-0.4, -0.2) is 11.7 Å². The van der Waals surface area contributed by atoms with Crippen LogP contribution < -0.4 is 4.90 Å². The molecule has 3 heteroatoms. The fraction of sp³-hybridized carbons (Fsp3) is 0.294. The number of nitrogens with zero attached hydrogens (tertiary/aromatic N) is 1. The van der Waals surface area contributed by atoms with E-state index in [0.717, 1.165) is 23.0 Å². The Morgan fingerprint density at radius 1 is 1.10 bits per heavy atom. The van der Waals surface area contributed by atoms with Gasteiger partial charge in [-0.15, -0.1) is 0 Å². The van der Waals surface area contributed by atoms with E-state index >= 15 is 0 Å². The number of aliphatic hydroxyl groups is 1. The van der Waals surface area contributed by atoms with Gasteiger partial charge in [-0.1, -0.05) is 40.2 Å². The highest BCUT2D eigenvalue weighted by atomic mass is 79.9. The lowest BCUT2D eigenvalue weighted by atomic mass is 10.1. The van der Waals surface area contributed by atoms with Gasteiger partial charge in [0.05, 0.1) is 6.61 Å². The SMILES string of the molecule is OCc1ccc(N2CCCCc3ccccc32)cc1Br. The number of halogens is 1. The summed E-state index contributed by atoms with van der Waals surface area (Å²) in [6.45, 7) is 1.11. The quantitative estimate of drug-likeness (QED) is 0.880. The zero-order chi connectivity index (χ0) is 13.9. The van der Waals surface area contributed by atoms with Crippen LogP contribution in [0.25, 0.3) is 0 Å². The van der Waals surface area contributed by atoms with Gasteiger partial charge in [-0.25, -0.2) is 0 Å². The molecule has 2 aromatic carbocycles. The molecule has 0 unspecified atom stereocenters. The molecule has 2 nitrogen and oxygen atoms in total. The molecule has 0 saturated carbocycles. The van der Waals surface area contributed by atoms with Gasteiger partial charge in [0, 0.05) is 22.4 Å². The summed E-state index contributed by atoms with van der Waals surface area (Å²) >= 11 is 3.55. The van der Waals surface area contributed by atoms with Crippen molar-refractivity contribution in [2.45, 2.75) is 25.9 Å². The molecule has 1 N–H and O–H groups in total. The number of hydrogen-bond acceptors (Lipinski definition) is 2. The van der Waals surface area contributed by atoms with Gasteiger partial charge in [-0.05, 0) is 48.6 Å². The zero-order valence-electron chi connectivity index (χ0n) is 11.3. The van der Waals surface area contributed by atoms with Crippen LogP contribution in [0, 0.1) is 0 Å². The van der Waals surface area contributed by atoms with E-state index in [4.69, 9.17) is 0 Å². The summed E-state index contributed by atoms with van der Waals surface area (Å²) in [5.41, 5.74) is 4.85. The molecular weight excluding hydrogens is 314 g/mol. The molecule has 0 fully saturated rings. The molecule has 1 aliphatic rings. The summed E-state index contributed by atoms with van der Waals surface area (Å²) in [6, 6.07) is 14.8. The van der Waals surface area contributed by atoms with E-state index < -0.39 is 0 Å². The summed E-state index contributed by atoms with van der Waals surface area (Å²) in [5, 5.41) is 9.28. The second-order valence-electron chi connectivity index (χ2n) is 5.17. The number of fused-ring (bicyclic) bond motifs is 1. The van der Waals surface area contributed by atoms with E-state index in [-0.39, 0.29) is 6.61 Å². The molecule has 0 spiro atoms. The second kappa shape index (κ2) is 5.98. The predicted molar refractivity (Wildman–Crippen MR) is 86.5 cm³/mol. The Morgan fingerprint density at radius 3 is 2.75 bits per heavy atom. The molecule has 0 amide bonds. The van der Waals surface area contributed by atoms with Gasteiger partial charge < -0.3 is 10.0 Å². The number of benzene rings is 2. The minimum Gasteiger partial charge on any atom is -0.392 e. The molecule has 1 aliphatic heterocycles. The maximum Gasteiger partial charge on any atom is 0.0692 e. The first-order valence-electron chi connectivity index (χ1n) is 7.04. The molecule has 20 heavy (non-hydrogen) atoms. The molecule has 0 radical (unpaired) electrons. The van der Waals surface area contributed by atoms with Crippen LogP contribution >= 0.6 is 15.9 Å². The topological polar surface area (TPSA) is 23.5 Å². The van der Waals surface area contributed by atoms with E-state index in [1.54, 1.807) is 0 Å². The van der Waals surface area contributed by atoms with Crippen LogP contribution in [0.2, 0.25) is 0 Å². The standard InChI is InChI=1S/C17H18BrNO/c18-16-11-15(9-8-14(16)12-20)19-10-4-3-6-13-5-1-2-7-17(13)19/h1-2,5,7-9,11,20H,3-4,6,10,12H2. The highest BCUT2D eigenvalue weighted by Gasteiger charge is 2.16. The molecular formula is C17H18BrNO. The van der Waals surface area contributed by atoms with Gasteiger partial charge in [0.2, 0.25) is 0 Å². The number of aryl methyl sites for hydroxylation is 1.